The number of ether oxygens (including phenoxy) is 4. The number of aliphatic imine (C=N–C) groups is 1. The van der Waals surface area contributed by atoms with Crippen LogP contribution in [0.15, 0.2) is 29.3 Å². The third kappa shape index (κ3) is 13.0. The van der Waals surface area contributed by atoms with Gasteiger partial charge in [-0.2, -0.15) is 0 Å². The molecule has 1 atom stereocenters. The molecule has 0 aliphatic carbocycles. The van der Waals surface area contributed by atoms with E-state index in [0.29, 0.717) is 19.8 Å². The van der Waals surface area contributed by atoms with Gasteiger partial charge in [-0.1, -0.05) is 6.07 Å². The number of halogens is 1. The molecular formula is C20H36IN3O4. The quantitative estimate of drug-likeness (QED) is 0.174. The van der Waals surface area contributed by atoms with Crippen molar-refractivity contribution in [2.24, 2.45) is 4.99 Å². The van der Waals surface area contributed by atoms with Gasteiger partial charge in [0.25, 0.3) is 0 Å². The number of unbranched alkanes of at least 4 members (excludes halogenated alkanes) is 1. The van der Waals surface area contributed by atoms with E-state index in [1.807, 2.05) is 31.2 Å². The molecule has 1 rings (SSSR count). The van der Waals surface area contributed by atoms with Crippen molar-refractivity contribution in [3.63, 3.8) is 0 Å². The predicted molar refractivity (Wildman–Crippen MR) is 124 cm³/mol. The van der Waals surface area contributed by atoms with E-state index in [4.69, 9.17) is 18.9 Å². The Hall–Kier alpha value is -1.26. The zero-order valence-electron chi connectivity index (χ0n) is 17.5. The first-order chi connectivity index (χ1) is 13.2. The lowest BCUT2D eigenvalue weighted by Gasteiger charge is -2.15. The van der Waals surface area contributed by atoms with E-state index in [9.17, 15) is 0 Å². The van der Waals surface area contributed by atoms with E-state index >= 15 is 0 Å². The molecule has 0 radical (unpaired) electrons. The second kappa shape index (κ2) is 17.8. The van der Waals surface area contributed by atoms with Crippen molar-refractivity contribution in [1.29, 1.82) is 0 Å². The summed E-state index contributed by atoms with van der Waals surface area (Å²) in [5.41, 5.74) is 0. The van der Waals surface area contributed by atoms with E-state index in [1.54, 1.807) is 14.2 Å². The summed E-state index contributed by atoms with van der Waals surface area (Å²) in [6, 6.07) is 7.60. The lowest BCUT2D eigenvalue weighted by atomic mass is 10.3. The average molecular weight is 509 g/mol. The number of hydrogen-bond donors (Lipinski definition) is 2. The molecule has 7 nitrogen and oxygen atoms in total. The molecule has 162 valence electrons. The Labute approximate surface area is 186 Å². The number of guanidine groups is 1. The molecule has 8 heteroatoms. The van der Waals surface area contributed by atoms with Gasteiger partial charge in [0.15, 0.2) is 5.96 Å². The van der Waals surface area contributed by atoms with Crippen LogP contribution in [0, 0.1) is 0 Å². The lowest BCUT2D eigenvalue weighted by Crippen LogP contribution is -2.38. The van der Waals surface area contributed by atoms with Crippen LogP contribution in [0.1, 0.15) is 26.7 Å². The van der Waals surface area contributed by atoms with Crippen LogP contribution in [0.4, 0.5) is 0 Å². The normalized spacial score (nSPS) is 12.1. The first-order valence-corrected chi connectivity index (χ1v) is 9.59. The molecule has 1 unspecified atom stereocenters. The van der Waals surface area contributed by atoms with E-state index in [1.165, 1.54) is 0 Å². The number of rotatable bonds is 14. The highest BCUT2D eigenvalue weighted by Gasteiger charge is 2.05. The molecule has 0 aromatic heterocycles. The van der Waals surface area contributed by atoms with Gasteiger partial charge in [-0.3, -0.25) is 0 Å². The summed E-state index contributed by atoms with van der Waals surface area (Å²) in [6.45, 7) is 8.34. The van der Waals surface area contributed by atoms with Crippen LogP contribution in [-0.2, 0) is 9.47 Å². The molecule has 0 amide bonds. The summed E-state index contributed by atoms with van der Waals surface area (Å²) < 4.78 is 21.5. The Morgan fingerprint density at radius 2 is 1.86 bits per heavy atom. The minimum Gasteiger partial charge on any atom is -0.497 e. The minimum absolute atomic E-state index is 0. The van der Waals surface area contributed by atoms with E-state index < -0.39 is 0 Å². The molecule has 0 saturated carbocycles. The molecule has 2 N–H and O–H groups in total. The summed E-state index contributed by atoms with van der Waals surface area (Å²) in [5.74, 6) is 2.37. The molecule has 0 spiro atoms. The fraction of sp³-hybridized carbons (Fsp3) is 0.650. The Morgan fingerprint density at radius 3 is 2.57 bits per heavy atom. The topological polar surface area (TPSA) is 73.3 Å². The van der Waals surface area contributed by atoms with Gasteiger partial charge in [0.1, 0.15) is 17.6 Å². The second-order valence-corrected chi connectivity index (χ2v) is 6.07. The van der Waals surface area contributed by atoms with Gasteiger partial charge in [0.2, 0.25) is 0 Å². The Balaban J connectivity index is 0.00000729. The van der Waals surface area contributed by atoms with Crippen LogP contribution in [0.2, 0.25) is 0 Å². The molecule has 1 aromatic carbocycles. The number of hydrogen-bond acceptors (Lipinski definition) is 5. The molecule has 28 heavy (non-hydrogen) atoms. The van der Waals surface area contributed by atoms with Gasteiger partial charge >= 0.3 is 0 Å². The van der Waals surface area contributed by atoms with Crippen LogP contribution >= 0.6 is 24.0 Å². The zero-order valence-corrected chi connectivity index (χ0v) is 19.9. The van der Waals surface area contributed by atoms with Crippen LogP contribution in [-0.4, -0.2) is 65.7 Å². The summed E-state index contributed by atoms with van der Waals surface area (Å²) >= 11 is 0. The Morgan fingerprint density at radius 1 is 1.07 bits per heavy atom. The molecule has 0 fully saturated rings. The maximum atomic E-state index is 5.91. The first-order valence-electron chi connectivity index (χ1n) is 9.59. The highest BCUT2D eigenvalue weighted by Crippen LogP contribution is 2.19. The summed E-state index contributed by atoms with van der Waals surface area (Å²) in [6.07, 6.45) is 1.99. The van der Waals surface area contributed by atoms with Crippen molar-refractivity contribution in [2.75, 3.05) is 53.7 Å². The van der Waals surface area contributed by atoms with Gasteiger partial charge in [-0.15, -0.1) is 24.0 Å². The monoisotopic (exact) mass is 509 g/mol. The first kappa shape index (κ1) is 26.7. The number of benzene rings is 1. The van der Waals surface area contributed by atoms with Gasteiger partial charge in [-0.25, -0.2) is 4.99 Å². The molecule has 0 aliphatic heterocycles. The maximum absolute atomic E-state index is 5.91. The Kier molecular flexibility index (Phi) is 17.0. The molecular weight excluding hydrogens is 473 g/mol. The van der Waals surface area contributed by atoms with Gasteiger partial charge < -0.3 is 29.6 Å². The van der Waals surface area contributed by atoms with Crippen molar-refractivity contribution < 1.29 is 18.9 Å². The van der Waals surface area contributed by atoms with Crippen molar-refractivity contribution >= 4 is 29.9 Å². The largest absolute Gasteiger partial charge is 0.497 e. The minimum atomic E-state index is -0.0400. The van der Waals surface area contributed by atoms with E-state index in [2.05, 4.69) is 22.5 Å². The predicted octanol–water partition coefficient (Wildman–Crippen LogP) is 3.08. The number of methoxy groups -OCH3 is 2. The third-order valence-corrected chi connectivity index (χ3v) is 3.67. The molecule has 0 aliphatic rings. The molecule has 0 saturated heterocycles. The van der Waals surface area contributed by atoms with Crippen molar-refractivity contribution in [3.8, 4) is 11.5 Å². The SMILES string of the molecule is CCNC(=NCC(C)Oc1cccc(OC)c1)NCCCCOCCOC.I. The molecule has 0 heterocycles. The van der Waals surface area contributed by atoms with Crippen molar-refractivity contribution in [2.45, 2.75) is 32.8 Å². The molecule has 0 bridgehead atoms. The average Bonchev–Trinajstić information content (AvgIpc) is 2.68. The fourth-order valence-electron chi connectivity index (χ4n) is 2.29. The van der Waals surface area contributed by atoms with Crippen LogP contribution in [0.5, 0.6) is 11.5 Å². The third-order valence-electron chi connectivity index (χ3n) is 3.67. The standard InChI is InChI=1S/C20H35N3O4.HI/c1-5-21-20(22-11-6-7-12-26-14-13-24-3)23-16-17(2)27-19-10-8-9-18(15-19)25-4;/h8-10,15,17H,5-7,11-14,16H2,1-4H3,(H2,21,22,23);1H. The van der Waals surface area contributed by atoms with E-state index in [0.717, 1.165) is 50.0 Å². The number of nitrogens with zero attached hydrogens (tertiary/aromatic N) is 1. The van der Waals surface area contributed by atoms with Crippen LogP contribution in [0.25, 0.3) is 0 Å². The van der Waals surface area contributed by atoms with Crippen molar-refractivity contribution in [3.05, 3.63) is 24.3 Å². The van der Waals surface area contributed by atoms with Gasteiger partial charge in [0, 0.05) is 32.9 Å². The van der Waals surface area contributed by atoms with E-state index in [-0.39, 0.29) is 30.1 Å². The van der Waals surface area contributed by atoms with Gasteiger partial charge in [-0.05, 0) is 38.8 Å². The Bertz CT molecular complexity index is 532. The lowest BCUT2D eigenvalue weighted by molar-refractivity contribution is 0.0689. The number of nitrogens with one attached hydrogen (secondary N) is 2. The van der Waals surface area contributed by atoms with Gasteiger partial charge in [0.05, 0.1) is 26.9 Å². The smallest absolute Gasteiger partial charge is 0.191 e. The second-order valence-electron chi connectivity index (χ2n) is 6.07. The highest BCUT2D eigenvalue weighted by molar-refractivity contribution is 14.0. The fourth-order valence-corrected chi connectivity index (χ4v) is 2.29. The van der Waals surface area contributed by atoms with Crippen LogP contribution in [0.3, 0.4) is 0 Å². The summed E-state index contributed by atoms with van der Waals surface area (Å²) in [7, 11) is 3.32. The summed E-state index contributed by atoms with van der Waals surface area (Å²) in [5, 5.41) is 6.60. The molecule has 1 aromatic rings. The summed E-state index contributed by atoms with van der Waals surface area (Å²) in [4.78, 5) is 4.60. The van der Waals surface area contributed by atoms with Crippen LogP contribution < -0.4 is 20.1 Å². The van der Waals surface area contributed by atoms with Crippen molar-refractivity contribution in [1.82, 2.24) is 10.6 Å². The maximum Gasteiger partial charge on any atom is 0.191 e. The highest BCUT2D eigenvalue weighted by atomic mass is 127. The zero-order chi connectivity index (χ0) is 19.7.